The van der Waals surface area contributed by atoms with Crippen LogP contribution in [-0.4, -0.2) is 27.7 Å². The van der Waals surface area contributed by atoms with Gasteiger partial charge in [-0.3, -0.25) is 5.10 Å². The highest BCUT2D eigenvalue weighted by atomic mass is 32.2. The lowest BCUT2D eigenvalue weighted by atomic mass is 10.2. The maximum Gasteiger partial charge on any atom is 0.0794 e. The third kappa shape index (κ3) is 3.37. The third-order valence-electron chi connectivity index (χ3n) is 2.90. The van der Waals surface area contributed by atoms with Gasteiger partial charge in [0, 0.05) is 23.4 Å². The third-order valence-corrected chi connectivity index (χ3v) is 5.04. The van der Waals surface area contributed by atoms with Gasteiger partial charge in [0.1, 0.15) is 0 Å². The lowest BCUT2D eigenvalue weighted by molar-refractivity contribution is 0.591. The summed E-state index contributed by atoms with van der Waals surface area (Å²) in [4.78, 5) is 1.24. The van der Waals surface area contributed by atoms with E-state index in [0.717, 1.165) is 18.8 Å². The Balaban J connectivity index is 1.97. The van der Waals surface area contributed by atoms with E-state index in [1.807, 2.05) is 18.0 Å². The molecule has 0 radical (unpaired) electrons. The molecule has 0 aliphatic carbocycles. The average Bonchev–Trinajstić information content (AvgIpc) is 2.98. The molecule has 3 nitrogen and oxygen atoms in total. The smallest absolute Gasteiger partial charge is 0.0794 e. The van der Waals surface area contributed by atoms with Gasteiger partial charge in [0.05, 0.1) is 16.8 Å². The van der Waals surface area contributed by atoms with E-state index in [-0.39, 0.29) is 4.75 Å². The first-order chi connectivity index (χ1) is 8.62. The largest absolute Gasteiger partial charge is 0.311 e. The second kappa shape index (κ2) is 5.91. The minimum Gasteiger partial charge on any atom is -0.311 e. The van der Waals surface area contributed by atoms with Gasteiger partial charge in [-0.25, -0.2) is 0 Å². The maximum absolute atomic E-state index is 4.15. The molecule has 0 aliphatic rings. The van der Waals surface area contributed by atoms with Crippen molar-refractivity contribution < 1.29 is 0 Å². The molecule has 0 atom stereocenters. The summed E-state index contributed by atoms with van der Waals surface area (Å²) < 4.78 is 0.271. The first-order valence-corrected chi connectivity index (χ1v) is 8.05. The van der Waals surface area contributed by atoms with Crippen LogP contribution in [0.4, 0.5) is 0 Å². The van der Waals surface area contributed by atoms with Gasteiger partial charge in [0.2, 0.25) is 0 Å². The van der Waals surface area contributed by atoms with Crippen LogP contribution in [0.5, 0.6) is 0 Å². The van der Waals surface area contributed by atoms with Crippen LogP contribution in [0, 0.1) is 0 Å². The van der Waals surface area contributed by atoms with E-state index in [1.165, 1.54) is 10.4 Å². The van der Waals surface area contributed by atoms with Crippen molar-refractivity contribution in [2.45, 2.75) is 25.1 Å². The van der Waals surface area contributed by atoms with E-state index in [0.29, 0.717) is 0 Å². The van der Waals surface area contributed by atoms with E-state index in [2.05, 4.69) is 53.1 Å². The lowest BCUT2D eigenvalue weighted by Crippen LogP contribution is -2.31. The van der Waals surface area contributed by atoms with Gasteiger partial charge in [-0.05, 0) is 31.5 Å². The zero-order chi connectivity index (χ0) is 13.0. The summed E-state index contributed by atoms with van der Waals surface area (Å²) in [5, 5.41) is 12.8. The molecular weight excluding hydrogens is 262 g/mol. The van der Waals surface area contributed by atoms with E-state index in [1.54, 1.807) is 11.3 Å². The van der Waals surface area contributed by atoms with Crippen molar-refractivity contribution in [2.24, 2.45) is 0 Å². The summed E-state index contributed by atoms with van der Waals surface area (Å²) in [7, 11) is 0. The van der Waals surface area contributed by atoms with Crippen LogP contribution < -0.4 is 5.32 Å². The molecule has 2 N–H and O–H groups in total. The number of hydrogen-bond donors (Lipinski definition) is 2. The predicted molar refractivity (Wildman–Crippen MR) is 81.2 cm³/mol. The number of hydrogen-bond acceptors (Lipinski definition) is 4. The van der Waals surface area contributed by atoms with Crippen LogP contribution in [0.25, 0.3) is 10.6 Å². The number of rotatable bonds is 6. The van der Waals surface area contributed by atoms with Crippen molar-refractivity contribution in [1.82, 2.24) is 15.5 Å². The van der Waals surface area contributed by atoms with Crippen molar-refractivity contribution in [3.8, 4) is 10.6 Å². The van der Waals surface area contributed by atoms with Crippen molar-refractivity contribution in [1.29, 1.82) is 0 Å². The zero-order valence-corrected chi connectivity index (χ0v) is 12.6. The second-order valence-corrected chi connectivity index (χ2v) is 7.28. The van der Waals surface area contributed by atoms with Gasteiger partial charge in [-0.2, -0.15) is 16.9 Å². The summed E-state index contributed by atoms with van der Waals surface area (Å²) in [5.41, 5.74) is 2.37. The van der Waals surface area contributed by atoms with Gasteiger partial charge in [0.15, 0.2) is 0 Å². The van der Waals surface area contributed by atoms with Gasteiger partial charge < -0.3 is 5.32 Å². The number of aromatic amines is 1. The molecule has 0 saturated heterocycles. The first-order valence-electron chi connectivity index (χ1n) is 5.94. The molecule has 0 spiro atoms. The van der Waals surface area contributed by atoms with Crippen LogP contribution in [-0.2, 0) is 6.54 Å². The molecule has 98 valence electrons. The second-order valence-electron chi connectivity index (χ2n) is 4.81. The molecule has 0 aromatic carbocycles. The fraction of sp³-hybridized carbons (Fsp3) is 0.462. The zero-order valence-electron chi connectivity index (χ0n) is 11.0. The molecule has 0 unspecified atom stereocenters. The van der Waals surface area contributed by atoms with Crippen molar-refractivity contribution >= 4 is 23.1 Å². The van der Waals surface area contributed by atoms with Gasteiger partial charge >= 0.3 is 0 Å². The Bertz CT molecular complexity index is 474. The summed E-state index contributed by atoms with van der Waals surface area (Å²) in [6.45, 7) is 6.34. The van der Waals surface area contributed by atoms with Crippen LogP contribution in [0.2, 0.25) is 0 Å². The molecule has 2 aromatic rings. The topological polar surface area (TPSA) is 40.7 Å². The Morgan fingerprint density at radius 2 is 2.33 bits per heavy atom. The highest BCUT2D eigenvalue weighted by molar-refractivity contribution is 7.99. The van der Waals surface area contributed by atoms with E-state index in [4.69, 9.17) is 0 Å². The molecule has 5 heteroatoms. The van der Waals surface area contributed by atoms with E-state index >= 15 is 0 Å². The molecule has 2 rings (SSSR count). The van der Waals surface area contributed by atoms with Crippen molar-refractivity contribution in [3.05, 3.63) is 29.3 Å². The highest BCUT2D eigenvalue weighted by Crippen LogP contribution is 2.26. The number of aromatic nitrogens is 2. The minimum absolute atomic E-state index is 0.271. The Hall–Kier alpha value is -0.780. The minimum atomic E-state index is 0.271. The molecule has 18 heavy (non-hydrogen) atoms. The van der Waals surface area contributed by atoms with E-state index < -0.39 is 0 Å². The van der Waals surface area contributed by atoms with Gasteiger partial charge in [-0.15, -0.1) is 11.3 Å². The Labute approximate surface area is 116 Å². The number of thiophene rings is 1. The number of thioether (sulfide) groups is 1. The standard InChI is InChI=1S/C13H19N3S2/c1-13(2,17-3)9-14-7-10-8-15-16-12(10)11-5-4-6-18-11/h4-6,8,14H,7,9H2,1-3H3,(H,15,16). The molecule has 0 bridgehead atoms. The highest BCUT2D eigenvalue weighted by Gasteiger charge is 2.15. The van der Waals surface area contributed by atoms with Crippen LogP contribution >= 0.6 is 23.1 Å². The maximum atomic E-state index is 4.15. The van der Waals surface area contributed by atoms with Crippen LogP contribution in [0.15, 0.2) is 23.7 Å². The monoisotopic (exact) mass is 281 g/mol. The Kier molecular flexibility index (Phi) is 4.48. The first kappa shape index (κ1) is 13.6. The fourth-order valence-electron chi connectivity index (χ4n) is 1.65. The number of nitrogens with zero attached hydrogens (tertiary/aromatic N) is 1. The quantitative estimate of drug-likeness (QED) is 0.853. The number of H-pyrrole nitrogens is 1. The van der Waals surface area contributed by atoms with Crippen molar-refractivity contribution in [2.75, 3.05) is 12.8 Å². The van der Waals surface area contributed by atoms with Crippen LogP contribution in [0.1, 0.15) is 19.4 Å². The van der Waals surface area contributed by atoms with E-state index in [9.17, 15) is 0 Å². The molecule has 2 aromatic heterocycles. The normalized spacial score (nSPS) is 11.9. The summed E-state index contributed by atoms with van der Waals surface area (Å²) in [6, 6.07) is 4.18. The molecule has 0 amide bonds. The lowest BCUT2D eigenvalue weighted by Gasteiger charge is -2.22. The predicted octanol–water partition coefficient (Wildman–Crippen LogP) is 3.37. The molecule has 0 aliphatic heterocycles. The van der Waals surface area contributed by atoms with Gasteiger partial charge in [0.25, 0.3) is 0 Å². The molecule has 0 saturated carbocycles. The SMILES string of the molecule is CSC(C)(C)CNCc1cn[nH]c1-c1cccs1. The number of nitrogens with one attached hydrogen (secondary N) is 2. The summed E-state index contributed by atoms with van der Waals surface area (Å²) >= 11 is 3.62. The summed E-state index contributed by atoms with van der Waals surface area (Å²) in [6.07, 6.45) is 4.06. The summed E-state index contributed by atoms with van der Waals surface area (Å²) in [5.74, 6) is 0. The Morgan fingerprint density at radius 1 is 1.50 bits per heavy atom. The van der Waals surface area contributed by atoms with Crippen molar-refractivity contribution in [3.63, 3.8) is 0 Å². The molecular formula is C13H19N3S2. The van der Waals surface area contributed by atoms with Gasteiger partial charge in [-0.1, -0.05) is 6.07 Å². The average molecular weight is 281 g/mol. The Morgan fingerprint density at radius 3 is 3.00 bits per heavy atom. The fourth-order valence-corrected chi connectivity index (χ4v) is 2.65. The van der Waals surface area contributed by atoms with Crippen LogP contribution in [0.3, 0.4) is 0 Å². The molecule has 0 fully saturated rings. The molecule has 2 heterocycles.